The molecule has 2 rings (SSSR count). The number of nitrogens with zero attached hydrogens (tertiary/aromatic N) is 1. The molecule has 1 amide bonds. The fraction of sp³-hybridized carbons (Fsp3) is 0.304. The van der Waals surface area contributed by atoms with Crippen molar-refractivity contribution in [3.8, 4) is 17.6 Å². The topological polar surface area (TPSA) is 71.3 Å². The number of hydrogen-bond acceptors (Lipinski definition) is 4. The Morgan fingerprint density at radius 2 is 1.93 bits per heavy atom. The van der Waals surface area contributed by atoms with Gasteiger partial charge in [0.15, 0.2) is 11.5 Å². The van der Waals surface area contributed by atoms with Crippen LogP contribution in [0.5, 0.6) is 11.5 Å². The summed E-state index contributed by atoms with van der Waals surface area (Å²) < 4.78 is 12.4. The molecule has 0 spiro atoms. The number of aryl methyl sites for hydroxylation is 2. The normalized spacial score (nSPS) is 11.0. The number of carbonyl (C=O) groups is 1. The number of amides is 1. The molecule has 0 saturated heterocycles. The molecule has 0 saturated carbocycles. The first-order chi connectivity index (χ1) is 13.9. The fourth-order valence-corrected chi connectivity index (χ4v) is 3.39. The molecule has 0 atom stereocenters. The van der Waals surface area contributed by atoms with E-state index in [0.29, 0.717) is 36.0 Å². The maximum Gasteiger partial charge on any atom is 0.266 e. The Kier molecular flexibility index (Phi) is 8.52. The predicted molar refractivity (Wildman–Crippen MR) is 124 cm³/mol. The van der Waals surface area contributed by atoms with Gasteiger partial charge in [0.05, 0.1) is 16.8 Å². The van der Waals surface area contributed by atoms with E-state index in [1.165, 1.54) is 0 Å². The second kappa shape index (κ2) is 10.9. The molecule has 0 aliphatic carbocycles. The van der Waals surface area contributed by atoms with Crippen molar-refractivity contribution < 1.29 is 14.3 Å². The van der Waals surface area contributed by atoms with Crippen LogP contribution in [0.15, 0.2) is 35.9 Å². The van der Waals surface area contributed by atoms with E-state index in [0.717, 1.165) is 21.1 Å². The first kappa shape index (κ1) is 22.8. The van der Waals surface area contributed by atoms with Gasteiger partial charge < -0.3 is 14.8 Å². The summed E-state index contributed by atoms with van der Waals surface area (Å²) in [6.45, 7) is 9.00. The largest absolute Gasteiger partial charge is 0.490 e. The van der Waals surface area contributed by atoms with Crippen molar-refractivity contribution >= 4 is 40.3 Å². The summed E-state index contributed by atoms with van der Waals surface area (Å²) in [4.78, 5) is 12.6. The molecule has 0 aromatic heterocycles. The molecule has 0 fully saturated rings. The summed E-state index contributed by atoms with van der Waals surface area (Å²) in [5, 5.41) is 12.3. The SMILES string of the molecule is CCCOc1c(I)cc(/C=C(\C#N)C(=O)Nc2ccc(C)c(C)c2)cc1OCC. The van der Waals surface area contributed by atoms with Gasteiger partial charge in [0, 0.05) is 5.69 Å². The Labute approximate surface area is 185 Å². The second-order valence-electron chi connectivity index (χ2n) is 6.53. The van der Waals surface area contributed by atoms with Crippen LogP contribution in [0, 0.1) is 28.7 Å². The van der Waals surface area contributed by atoms with Crippen LogP contribution in [-0.2, 0) is 4.79 Å². The van der Waals surface area contributed by atoms with Gasteiger partial charge in [0.1, 0.15) is 11.6 Å². The van der Waals surface area contributed by atoms with E-state index in [1.54, 1.807) is 12.1 Å². The van der Waals surface area contributed by atoms with Gasteiger partial charge in [0.2, 0.25) is 0 Å². The number of ether oxygens (including phenoxy) is 2. The molecule has 2 aromatic rings. The lowest BCUT2D eigenvalue weighted by atomic mass is 10.1. The van der Waals surface area contributed by atoms with Crippen LogP contribution in [0.1, 0.15) is 37.0 Å². The Hall–Kier alpha value is -2.53. The van der Waals surface area contributed by atoms with E-state index in [2.05, 4.69) is 27.9 Å². The minimum absolute atomic E-state index is 0.0173. The van der Waals surface area contributed by atoms with Gasteiger partial charge >= 0.3 is 0 Å². The third-order valence-corrected chi connectivity index (χ3v) is 5.02. The first-order valence-electron chi connectivity index (χ1n) is 9.49. The summed E-state index contributed by atoms with van der Waals surface area (Å²) in [7, 11) is 0. The third-order valence-electron chi connectivity index (χ3n) is 4.22. The molecule has 5 nitrogen and oxygen atoms in total. The van der Waals surface area contributed by atoms with Crippen LogP contribution in [-0.4, -0.2) is 19.1 Å². The Morgan fingerprint density at radius 1 is 1.17 bits per heavy atom. The highest BCUT2D eigenvalue weighted by molar-refractivity contribution is 14.1. The summed E-state index contributed by atoms with van der Waals surface area (Å²) in [5.41, 5.74) is 3.59. The van der Waals surface area contributed by atoms with Crippen LogP contribution in [0.3, 0.4) is 0 Å². The van der Waals surface area contributed by atoms with Gasteiger partial charge in [-0.3, -0.25) is 4.79 Å². The van der Waals surface area contributed by atoms with E-state index >= 15 is 0 Å². The molecule has 0 heterocycles. The third kappa shape index (κ3) is 6.23. The van der Waals surface area contributed by atoms with Gasteiger partial charge in [0.25, 0.3) is 5.91 Å². The quantitative estimate of drug-likeness (QED) is 0.287. The number of hydrogen-bond donors (Lipinski definition) is 1. The van der Waals surface area contributed by atoms with Gasteiger partial charge in [-0.2, -0.15) is 5.26 Å². The zero-order valence-electron chi connectivity index (χ0n) is 17.1. The highest BCUT2D eigenvalue weighted by atomic mass is 127. The summed E-state index contributed by atoms with van der Waals surface area (Å²) in [6, 6.07) is 11.3. The molecule has 0 aliphatic heterocycles. The molecular weight excluding hydrogens is 479 g/mol. The number of nitriles is 1. The van der Waals surface area contributed by atoms with Crippen LogP contribution >= 0.6 is 22.6 Å². The Morgan fingerprint density at radius 3 is 2.55 bits per heavy atom. The van der Waals surface area contributed by atoms with E-state index < -0.39 is 5.91 Å². The minimum atomic E-state index is -0.449. The molecule has 0 radical (unpaired) electrons. The van der Waals surface area contributed by atoms with E-state index in [4.69, 9.17) is 9.47 Å². The zero-order chi connectivity index (χ0) is 21.4. The van der Waals surface area contributed by atoms with Gasteiger partial charge in [-0.15, -0.1) is 0 Å². The van der Waals surface area contributed by atoms with Crippen molar-refractivity contribution in [1.29, 1.82) is 5.26 Å². The van der Waals surface area contributed by atoms with Crippen molar-refractivity contribution in [2.75, 3.05) is 18.5 Å². The smallest absolute Gasteiger partial charge is 0.266 e. The van der Waals surface area contributed by atoms with Crippen molar-refractivity contribution in [2.45, 2.75) is 34.1 Å². The molecule has 0 bridgehead atoms. The molecular formula is C23H25IN2O3. The zero-order valence-corrected chi connectivity index (χ0v) is 19.3. The molecule has 152 valence electrons. The molecule has 0 aliphatic rings. The molecule has 1 N–H and O–H groups in total. The summed E-state index contributed by atoms with van der Waals surface area (Å²) in [6.07, 6.45) is 2.45. The Balaban J connectivity index is 2.32. The van der Waals surface area contributed by atoms with Gasteiger partial charge in [-0.1, -0.05) is 13.0 Å². The maximum atomic E-state index is 12.6. The number of rotatable bonds is 8. The average Bonchev–Trinajstić information content (AvgIpc) is 2.68. The highest BCUT2D eigenvalue weighted by Gasteiger charge is 2.14. The predicted octanol–water partition coefficient (Wildman–Crippen LogP) is 5.64. The molecule has 2 aromatic carbocycles. The lowest BCUT2D eigenvalue weighted by molar-refractivity contribution is -0.112. The van der Waals surface area contributed by atoms with Gasteiger partial charge in [-0.25, -0.2) is 0 Å². The number of anilines is 1. The lowest BCUT2D eigenvalue weighted by Gasteiger charge is -2.14. The maximum absolute atomic E-state index is 12.6. The molecule has 6 heteroatoms. The Bertz CT molecular complexity index is 961. The van der Waals surface area contributed by atoms with Crippen molar-refractivity contribution in [3.05, 3.63) is 56.2 Å². The fourth-order valence-electron chi connectivity index (χ4n) is 2.61. The molecule has 29 heavy (non-hydrogen) atoms. The summed E-state index contributed by atoms with van der Waals surface area (Å²) >= 11 is 2.17. The van der Waals surface area contributed by atoms with Crippen LogP contribution < -0.4 is 14.8 Å². The first-order valence-corrected chi connectivity index (χ1v) is 10.6. The second-order valence-corrected chi connectivity index (χ2v) is 7.70. The molecule has 0 unspecified atom stereocenters. The van der Waals surface area contributed by atoms with Crippen LogP contribution in [0.4, 0.5) is 5.69 Å². The monoisotopic (exact) mass is 504 g/mol. The van der Waals surface area contributed by atoms with Crippen LogP contribution in [0.2, 0.25) is 0 Å². The summed E-state index contributed by atoms with van der Waals surface area (Å²) in [5.74, 6) is 0.838. The van der Waals surface area contributed by atoms with Crippen molar-refractivity contribution in [3.63, 3.8) is 0 Å². The van der Waals surface area contributed by atoms with Gasteiger partial charge in [-0.05, 0) is 96.8 Å². The van der Waals surface area contributed by atoms with E-state index in [9.17, 15) is 10.1 Å². The van der Waals surface area contributed by atoms with E-state index in [1.807, 2.05) is 58.0 Å². The van der Waals surface area contributed by atoms with Crippen molar-refractivity contribution in [1.82, 2.24) is 0 Å². The number of carbonyl (C=O) groups excluding carboxylic acids is 1. The number of halogens is 1. The van der Waals surface area contributed by atoms with Crippen molar-refractivity contribution in [2.24, 2.45) is 0 Å². The highest BCUT2D eigenvalue weighted by Crippen LogP contribution is 2.35. The standard InChI is InChI=1S/C23H25IN2O3/c1-5-9-29-22-20(24)12-17(13-21(22)28-6-2)11-18(14-25)23(27)26-19-8-7-15(3)16(4)10-19/h7-8,10-13H,5-6,9H2,1-4H3,(H,26,27)/b18-11+. The number of benzene rings is 2. The average molecular weight is 504 g/mol. The van der Waals surface area contributed by atoms with E-state index in [-0.39, 0.29) is 5.57 Å². The van der Waals surface area contributed by atoms with Crippen LogP contribution in [0.25, 0.3) is 6.08 Å². The lowest BCUT2D eigenvalue weighted by Crippen LogP contribution is -2.13. The number of nitrogens with one attached hydrogen (secondary N) is 1. The minimum Gasteiger partial charge on any atom is -0.490 e.